The molecule has 2 aromatic rings. The van der Waals surface area contributed by atoms with Crippen LogP contribution in [0, 0.1) is 5.92 Å². The molecule has 170 valence electrons. The second-order valence-electron chi connectivity index (χ2n) is 10.7. The second kappa shape index (κ2) is 7.82. The van der Waals surface area contributed by atoms with Crippen molar-refractivity contribution in [3.05, 3.63) is 59.4 Å². The van der Waals surface area contributed by atoms with Crippen LogP contribution in [0.4, 0.5) is 0 Å². The van der Waals surface area contributed by atoms with E-state index in [0.29, 0.717) is 5.75 Å². The highest BCUT2D eigenvalue weighted by molar-refractivity contribution is 5.48. The molecule has 2 saturated heterocycles. The van der Waals surface area contributed by atoms with Crippen molar-refractivity contribution in [2.24, 2.45) is 5.92 Å². The van der Waals surface area contributed by atoms with Crippen molar-refractivity contribution < 1.29 is 10.2 Å². The number of benzene rings is 1. The van der Waals surface area contributed by atoms with Gasteiger partial charge in [0, 0.05) is 43.5 Å². The Morgan fingerprint density at radius 2 is 1.91 bits per heavy atom. The van der Waals surface area contributed by atoms with Crippen molar-refractivity contribution in [3.8, 4) is 5.75 Å². The van der Waals surface area contributed by atoms with E-state index < -0.39 is 5.60 Å². The number of rotatable bonds is 5. The molecule has 2 aliphatic heterocycles. The molecule has 5 heteroatoms. The molecule has 1 aromatic carbocycles. The van der Waals surface area contributed by atoms with Gasteiger partial charge in [0.1, 0.15) is 5.75 Å². The maximum atomic E-state index is 12.5. The molecule has 0 amide bonds. The van der Waals surface area contributed by atoms with E-state index in [1.807, 2.05) is 30.6 Å². The monoisotopic (exact) mass is 433 g/mol. The van der Waals surface area contributed by atoms with E-state index in [0.717, 1.165) is 70.7 Å². The van der Waals surface area contributed by atoms with Crippen molar-refractivity contribution in [1.82, 2.24) is 14.8 Å². The van der Waals surface area contributed by atoms with Gasteiger partial charge in [-0.2, -0.15) is 0 Å². The average molecular weight is 434 g/mol. The van der Waals surface area contributed by atoms with E-state index in [9.17, 15) is 10.2 Å². The predicted octanol–water partition coefficient (Wildman–Crippen LogP) is 3.14. The molecule has 3 heterocycles. The van der Waals surface area contributed by atoms with Gasteiger partial charge in [0.15, 0.2) is 0 Å². The Bertz CT molecular complexity index is 978. The van der Waals surface area contributed by atoms with E-state index in [4.69, 9.17) is 0 Å². The van der Waals surface area contributed by atoms with Gasteiger partial charge in [-0.05, 0) is 98.8 Å². The third-order valence-electron chi connectivity index (χ3n) is 8.96. The van der Waals surface area contributed by atoms with Gasteiger partial charge in [-0.3, -0.25) is 9.88 Å². The quantitative estimate of drug-likeness (QED) is 0.759. The Kier molecular flexibility index (Phi) is 5.05. The molecule has 32 heavy (non-hydrogen) atoms. The fourth-order valence-corrected chi connectivity index (χ4v) is 6.97. The zero-order valence-electron chi connectivity index (χ0n) is 18.9. The number of likely N-dealkylation sites (tertiary alicyclic amines) is 2. The lowest BCUT2D eigenvalue weighted by Crippen LogP contribution is -2.71. The summed E-state index contributed by atoms with van der Waals surface area (Å²) in [6.07, 6.45) is 11.1. The molecule has 4 aliphatic rings. The van der Waals surface area contributed by atoms with Crippen molar-refractivity contribution >= 4 is 0 Å². The van der Waals surface area contributed by atoms with E-state index in [-0.39, 0.29) is 11.5 Å². The first-order valence-corrected chi connectivity index (χ1v) is 12.5. The molecule has 1 aromatic heterocycles. The molecule has 2 N–H and O–H groups in total. The highest BCUT2D eigenvalue weighted by Gasteiger charge is 2.63. The Morgan fingerprint density at radius 1 is 1.06 bits per heavy atom. The fourth-order valence-electron chi connectivity index (χ4n) is 6.97. The third-order valence-corrected chi connectivity index (χ3v) is 8.96. The molecule has 3 unspecified atom stereocenters. The van der Waals surface area contributed by atoms with Gasteiger partial charge >= 0.3 is 0 Å². The molecule has 5 nitrogen and oxygen atoms in total. The number of hydrogen-bond donors (Lipinski definition) is 2. The fraction of sp³-hybridized carbons (Fsp3) is 0.593. The first kappa shape index (κ1) is 20.6. The van der Waals surface area contributed by atoms with Gasteiger partial charge in [0.2, 0.25) is 0 Å². The molecule has 3 atom stereocenters. The molecular formula is C27H35N3O2. The average Bonchev–Trinajstić information content (AvgIpc) is 3.63. The van der Waals surface area contributed by atoms with Gasteiger partial charge < -0.3 is 15.1 Å². The molecule has 0 radical (unpaired) electrons. The minimum atomic E-state index is -0.732. The molecular weight excluding hydrogens is 398 g/mol. The molecule has 0 spiro atoms. The lowest BCUT2D eigenvalue weighted by Gasteiger charge is -2.61. The summed E-state index contributed by atoms with van der Waals surface area (Å²) in [5, 5.41) is 22.9. The number of aromatic hydroxyl groups is 1. The van der Waals surface area contributed by atoms with Crippen LogP contribution < -0.4 is 0 Å². The topological polar surface area (TPSA) is 59.8 Å². The number of phenolic OH excluding ortho intramolecular Hbond substituents is 1. The summed E-state index contributed by atoms with van der Waals surface area (Å²) in [6, 6.07) is 10.3. The summed E-state index contributed by atoms with van der Waals surface area (Å²) >= 11 is 0. The molecule has 1 saturated carbocycles. The SMILES string of the molecule is Oc1ccc2c(c1)C13CCN(CCc4cccnc4)CCC1(O)C(C2)N(CC1CC1)CC3. The van der Waals surface area contributed by atoms with Gasteiger partial charge in [-0.15, -0.1) is 0 Å². The predicted molar refractivity (Wildman–Crippen MR) is 125 cm³/mol. The summed E-state index contributed by atoms with van der Waals surface area (Å²) < 4.78 is 0. The van der Waals surface area contributed by atoms with E-state index >= 15 is 0 Å². The smallest absolute Gasteiger partial charge is 0.115 e. The van der Waals surface area contributed by atoms with Gasteiger partial charge in [0.05, 0.1) is 5.60 Å². The summed E-state index contributed by atoms with van der Waals surface area (Å²) in [6.45, 7) is 5.13. The van der Waals surface area contributed by atoms with Crippen LogP contribution in [0.5, 0.6) is 5.75 Å². The van der Waals surface area contributed by atoms with E-state index in [2.05, 4.69) is 26.9 Å². The van der Waals surface area contributed by atoms with Gasteiger partial charge in [0.25, 0.3) is 0 Å². The third kappa shape index (κ3) is 3.37. The number of pyridine rings is 1. The van der Waals surface area contributed by atoms with Gasteiger partial charge in [-0.25, -0.2) is 0 Å². The standard InChI is InChI=1S/C27H35N3O2/c31-23-6-5-22-16-25-27(32)10-14-29(12-7-20-2-1-11-28-18-20)13-8-26(27,24(22)17-23)9-15-30(25)19-21-3-4-21/h1-2,5-6,11,17-18,21,25,31-32H,3-4,7-10,12-16,19H2. The minimum Gasteiger partial charge on any atom is -0.508 e. The van der Waals surface area contributed by atoms with Crippen molar-refractivity contribution in [2.45, 2.75) is 62.0 Å². The Hall–Kier alpha value is -1.95. The highest BCUT2D eigenvalue weighted by Crippen LogP contribution is 2.56. The van der Waals surface area contributed by atoms with Crippen LogP contribution in [0.25, 0.3) is 0 Å². The number of aliphatic hydroxyl groups is 1. The first-order valence-electron chi connectivity index (χ1n) is 12.5. The lowest BCUT2D eigenvalue weighted by molar-refractivity contribution is -0.149. The number of hydrogen-bond acceptors (Lipinski definition) is 5. The van der Waals surface area contributed by atoms with Crippen LogP contribution in [0.3, 0.4) is 0 Å². The molecule has 2 aliphatic carbocycles. The van der Waals surface area contributed by atoms with Crippen molar-refractivity contribution in [1.29, 1.82) is 0 Å². The Labute approximate surface area is 191 Å². The van der Waals surface area contributed by atoms with Crippen LogP contribution in [-0.2, 0) is 18.3 Å². The number of nitrogens with zero attached hydrogens (tertiary/aromatic N) is 3. The van der Waals surface area contributed by atoms with Crippen LogP contribution in [0.2, 0.25) is 0 Å². The zero-order valence-corrected chi connectivity index (χ0v) is 18.9. The number of aromatic nitrogens is 1. The maximum Gasteiger partial charge on any atom is 0.115 e. The lowest BCUT2D eigenvalue weighted by atomic mass is 9.52. The Balaban J connectivity index is 1.31. The Morgan fingerprint density at radius 3 is 2.72 bits per heavy atom. The van der Waals surface area contributed by atoms with Crippen LogP contribution in [0.15, 0.2) is 42.7 Å². The summed E-state index contributed by atoms with van der Waals surface area (Å²) in [5.41, 5.74) is 2.84. The normalized spacial score (nSPS) is 32.7. The molecule has 6 rings (SSSR count). The van der Waals surface area contributed by atoms with Crippen LogP contribution in [-0.4, -0.2) is 69.4 Å². The van der Waals surface area contributed by atoms with E-state index in [1.165, 1.54) is 29.5 Å². The molecule has 3 fully saturated rings. The number of piperidine rings is 1. The van der Waals surface area contributed by atoms with Crippen molar-refractivity contribution in [2.75, 3.05) is 32.7 Å². The minimum absolute atomic E-state index is 0.187. The highest BCUT2D eigenvalue weighted by atomic mass is 16.3. The number of fused-ring (bicyclic) bond motifs is 1. The summed E-state index contributed by atoms with van der Waals surface area (Å²) in [5.74, 6) is 1.16. The second-order valence-corrected chi connectivity index (χ2v) is 10.7. The van der Waals surface area contributed by atoms with E-state index in [1.54, 1.807) is 0 Å². The maximum absolute atomic E-state index is 12.5. The van der Waals surface area contributed by atoms with Crippen LogP contribution >= 0.6 is 0 Å². The summed E-state index contributed by atoms with van der Waals surface area (Å²) in [7, 11) is 0. The first-order chi connectivity index (χ1) is 15.6. The number of phenols is 1. The van der Waals surface area contributed by atoms with Gasteiger partial charge in [-0.1, -0.05) is 12.1 Å². The van der Waals surface area contributed by atoms with Crippen LogP contribution in [0.1, 0.15) is 48.8 Å². The largest absolute Gasteiger partial charge is 0.508 e. The summed E-state index contributed by atoms with van der Waals surface area (Å²) in [4.78, 5) is 9.43. The van der Waals surface area contributed by atoms with Crippen molar-refractivity contribution in [3.63, 3.8) is 0 Å². The molecule has 2 bridgehead atoms. The zero-order chi connectivity index (χ0) is 21.8.